The number of hydrogen-bond donors (Lipinski definition) is 3. The van der Waals surface area contributed by atoms with Crippen LogP contribution in [0.25, 0.3) is 12.2 Å². The molecule has 0 aromatic heterocycles. The molecule has 0 spiro atoms. The van der Waals surface area contributed by atoms with Crippen LogP contribution in [0.3, 0.4) is 0 Å². The summed E-state index contributed by atoms with van der Waals surface area (Å²) >= 11 is 0. The fraction of sp³-hybridized carbons (Fsp3) is 0. The molecule has 2 aromatic rings. The van der Waals surface area contributed by atoms with Gasteiger partial charge in [0.25, 0.3) is 25.9 Å². The van der Waals surface area contributed by atoms with Crippen molar-refractivity contribution in [1.29, 1.82) is 0 Å². The van der Waals surface area contributed by atoms with E-state index in [-0.39, 0.29) is 0 Å². The van der Waals surface area contributed by atoms with Gasteiger partial charge < -0.3 is 5.73 Å². The van der Waals surface area contributed by atoms with Crippen LogP contribution in [-0.2, 0) is 20.2 Å². The summed E-state index contributed by atoms with van der Waals surface area (Å²) in [7, 11) is -10.5. The molecular formula is C14H12N2O8S2. The van der Waals surface area contributed by atoms with Gasteiger partial charge in [0.1, 0.15) is 15.5 Å². The van der Waals surface area contributed by atoms with Gasteiger partial charge in [0.05, 0.1) is 4.92 Å². The van der Waals surface area contributed by atoms with E-state index in [1.807, 2.05) is 0 Å². The fourth-order valence-electron chi connectivity index (χ4n) is 2.21. The standard InChI is InChI=1S/C14H12N2O8S2/c15-12-11(16(17)18)8-10(7-6-9-4-2-1-3-5-9)13(25(19,20)21)14(12)26(22,23)24/h1-8H,15H2,(H,19,20,21)(H,22,23,24). The van der Waals surface area contributed by atoms with Gasteiger partial charge in [-0.05, 0) is 5.56 Å². The number of nitrogen functional groups attached to an aromatic ring is 1. The zero-order chi connectivity index (χ0) is 19.7. The summed E-state index contributed by atoms with van der Waals surface area (Å²) in [4.78, 5) is 7.35. The summed E-state index contributed by atoms with van der Waals surface area (Å²) < 4.78 is 65.2. The Morgan fingerprint density at radius 3 is 1.96 bits per heavy atom. The first-order chi connectivity index (χ1) is 11.9. The second kappa shape index (κ2) is 6.84. The Kier molecular flexibility index (Phi) is 5.13. The van der Waals surface area contributed by atoms with Crippen LogP contribution < -0.4 is 5.73 Å². The third-order valence-electron chi connectivity index (χ3n) is 3.25. The number of nitro groups is 1. The summed E-state index contributed by atoms with van der Waals surface area (Å²) in [6.45, 7) is 0. The lowest BCUT2D eigenvalue weighted by atomic mass is 10.1. The van der Waals surface area contributed by atoms with Gasteiger partial charge in [0, 0.05) is 11.6 Å². The van der Waals surface area contributed by atoms with Crippen molar-refractivity contribution in [2.75, 3.05) is 5.73 Å². The van der Waals surface area contributed by atoms with Gasteiger partial charge >= 0.3 is 0 Å². The van der Waals surface area contributed by atoms with E-state index in [1.165, 1.54) is 6.08 Å². The van der Waals surface area contributed by atoms with Crippen molar-refractivity contribution in [2.24, 2.45) is 0 Å². The van der Waals surface area contributed by atoms with Crippen molar-refractivity contribution in [2.45, 2.75) is 9.79 Å². The molecule has 138 valence electrons. The molecule has 10 nitrogen and oxygen atoms in total. The Hall–Kier alpha value is -2.80. The quantitative estimate of drug-likeness (QED) is 0.222. The second-order valence-electron chi connectivity index (χ2n) is 5.01. The molecule has 0 heterocycles. The first-order valence-electron chi connectivity index (χ1n) is 6.72. The highest BCUT2D eigenvalue weighted by molar-refractivity contribution is 7.89. The maximum absolute atomic E-state index is 11.7. The van der Waals surface area contributed by atoms with Crippen molar-refractivity contribution < 1.29 is 30.9 Å². The molecule has 0 atom stereocenters. The van der Waals surface area contributed by atoms with Gasteiger partial charge in [-0.25, -0.2) is 0 Å². The summed E-state index contributed by atoms with van der Waals surface area (Å²) in [6.07, 6.45) is 2.37. The van der Waals surface area contributed by atoms with E-state index < -0.39 is 51.9 Å². The van der Waals surface area contributed by atoms with Crippen molar-refractivity contribution >= 4 is 43.8 Å². The third kappa shape index (κ3) is 4.05. The fourth-order valence-corrected chi connectivity index (χ4v) is 4.34. The average Bonchev–Trinajstić information content (AvgIpc) is 2.51. The molecule has 0 radical (unpaired) electrons. The summed E-state index contributed by atoms with van der Waals surface area (Å²) in [6, 6.07) is 8.98. The van der Waals surface area contributed by atoms with Crippen molar-refractivity contribution in [1.82, 2.24) is 0 Å². The van der Waals surface area contributed by atoms with Gasteiger partial charge in [-0.3, -0.25) is 19.2 Å². The number of benzene rings is 2. The maximum atomic E-state index is 11.7. The lowest BCUT2D eigenvalue weighted by molar-refractivity contribution is -0.384. The Morgan fingerprint density at radius 2 is 1.50 bits per heavy atom. The van der Waals surface area contributed by atoms with E-state index in [0.717, 1.165) is 6.08 Å². The van der Waals surface area contributed by atoms with E-state index >= 15 is 0 Å². The molecule has 0 saturated heterocycles. The molecule has 2 rings (SSSR count). The van der Waals surface area contributed by atoms with Crippen molar-refractivity contribution in [3.8, 4) is 0 Å². The molecule has 0 bridgehead atoms. The molecule has 0 fully saturated rings. The molecule has 0 aliphatic heterocycles. The summed E-state index contributed by atoms with van der Waals surface area (Å²) in [5.41, 5.74) is 3.33. The number of anilines is 1. The van der Waals surface area contributed by atoms with Crippen molar-refractivity contribution in [3.63, 3.8) is 0 Å². The number of nitro benzene ring substituents is 1. The predicted molar refractivity (Wildman–Crippen MR) is 92.5 cm³/mol. The second-order valence-corrected chi connectivity index (χ2v) is 7.72. The zero-order valence-corrected chi connectivity index (χ0v) is 14.4. The molecule has 0 aliphatic rings. The Morgan fingerprint density at radius 1 is 0.962 bits per heavy atom. The number of nitrogens with two attached hydrogens (primary N) is 1. The lowest BCUT2D eigenvalue weighted by Gasteiger charge is -2.11. The number of nitrogens with zero attached hydrogens (tertiary/aromatic N) is 1. The monoisotopic (exact) mass is 400 g/mol. The van der Waals surface area contributed by atoms with Gasteiger partial charge in [-0.15, -0.1) is 0 Å². The van der Waals surface area contributed by atoms with Crippen LogP contribution in [0.15, 0.2) is 46.2 Å². The average molecular weight is 400 g/mol. The van der Waals surface area contributed by atoms with Crippen LogP contribution in [0.5, 0.6) is 0 Å². The van der Waals surface area contributed by atoms with E-state index in [4.69, 9.17) is 5.73 Å². The van der Waals surface area contributed by atoms with Crippen LogP contribution in [0.2, 0.25) is 0 Å². The first-order valence-corrected chi connectivity index (χ1v) is 9.60. The highest BCUT2D eigenvalue weighted by Gasteiger charge is 2.34. The largest absolute Gasteiger partial charge is 0.392 e. The van der Waals surface area contributed by atoms with Gasteiger partial charge in [-0.1, -0.05) is 42.5 Å². The predicted octanol–water partition coefficient (Wildman–Crippen LogP) is 1.84. The molecule has 26 heavy (non-hydrogen) atoms. The third-order valence-corrected chi connectivity index (χ3v) is 5.27. The Bertz CT molecular complexity index is 1110. The van der Waals surface area contributed by atoms with Crippen LogP contribution in [0, 0.1) is 10.1 Å². The molecule has 0 amide bonds. The van der Waals surface area contributed by atoms with Crippen LogP contribution >= 0.6 is 0 Å². The molecule has 0 saturated carbocycles. The molecule has 12 heteroatoms. The maximum Gasteiger partial charge on any atom is 0.298 e. The molecular weight excluding hydrogens is 388 g/mol. The molecule has 0 unspecified atom stereocenters. The Balaban J connectivity index is 2.92. The van der Waals surface area contributed by atoms with Crippen LogP contribution in [0.1, 0.15) is 11.1 Å². The minimum Gasteiger partial charge on any atom is -0.392 e. The summed E-state index contributed by atoms with van der Waals surface area (Å²) in [5, 5.41) is 11.1. The Labute approximate surface area is 148 Å². The van der Waals surface area contributed by atoms with E-state index in [0.29, 0.717) is 11.6 Å². The zero-order valence-electron chi connectivity index (χ0n) is 12.8. The van der Waals surface area contributed by atoms with E-state index in [1.54, 1.807) is 30.3 Å². The highest BCUT2D eigenvalue weighted by atomic mass is 32.2. The molecule has 0 aliphatic carbocycles. The first kappa shape index (κ1) is 19.5. The lowest BCUT2D eigenvalue weighted by Crippen LogP contribution is -2.14. The van der Waals surface area contributed by atoms with Gasteiger partial charge in [0.2, 0.25) is 0 Å². The number of hydrogen-bond acceptors (Lipinski definition) is 7. The minimum absolute atomic E-state index is 0.537. The topological polar surface area (TPSA) is 178 Å². The SMILES string of the molecule is Nc1c([N+](=O)[O-])cc(C=Cc2ccccc2)c(S(=O)(=O)O)c1S(=O)(=O)O. The summed E-state index contributed by atoms with van der Waals surface area (Å²) in [5.74, 6) is 0. The van der Waals surface area contributed by atoms with Crippen LogP contribution in [-0.4, -0.2) is 30.9 Å². The van der Waals surface area contributed by atoms with Crippen LogP contribution in [0.4, 0.5) is 11.4 Å². The van der Waals surface area contributed by atoms with Gasteiger partial charge in [-0.2, -0.15) is 16.8 Å². The van der Waals surface area contributed by atoms with Gasteiger partial charge in [0.15, 0.2) is 0 Å². The molecule has 4 N–H and O–H groups in total. The number of rotatable bonds is 5. The van der Waals surface area contributed by atoms with E-state index in [2.05, 4.69) is 0 Å². The minimum atomic E-state index is -5.31. The molecule has 2 aromatic carbocycles. The smallest absolute Gasteiger partial charge is 0.298 e. The van der Waals surface area contributed by atoms with E-state index in [9.17, 15) is 36.1 Å². The highest BCUT2D eigenvalue weighted by Crippen LogP contribution is 2.37. The normalized spacial score (nSPS) is 12.4. The van der Waals surface area contributed by atoms with Crippen molar-refractivity contribution in [3.05, 3.63) is 57.6 Å².